The number of hydrogen-bond acceptors (Lipinski definition) is 5. The van der Waals surface area contributed by atoms with Gasteiger partial charge >= 0.3 is 0 Å². The standard InChI is InChI=1S/C24H15Cl2NO5/c1-12-4-5-15(26)11-16(12)27-21(18-3-2-8-31-18)20(23(29)24(27)30)22(28)19-10-13-9-14(25)6-7-17(13)32-19/h2-11,21,29H,1H3. The van der Waals surface area contributed by atoms with Crippen LogP contribution in [-0.2, 0) is 4.79 Å². The number of amides is 1. The van der Waals surface area contributed by atoms with Gasteiger partial charge in [0.15, 0.2) is 11.5 Å². The second kappa shape index (κ2) is 7.58. The predicted molar refractivity (Wildman–Crippen MR) is 120 cm³/mol. The van der Waals surface area contributed by atoms with Crippen molar-refractivity contribution in [2.45, 2.75) is 13.0 Å². The fourth-order valence-corrected chi connectivity index (χ4v) is 4.25. The molecule has 32 heavy (non-hydrogen) atoms. The van der Waals surface area contributed by atoms with Gasteiger partial charge in [-0.2, -0.15) is 0 Å². The molecule has 4 aromatic rings. The number of rotatable bonds is 4. The van der Waals surface area contributed by atoms with Gasteiger partial charge in [-0.25, -0.2) is 0 Å². The number of hydrogen-bond donors (Lipinski definition) is 1. The second-order valence-corrected chi connectivity index (χ2v) is 8.28. The third-order valence-corrected chi connectivity index (χ3v) is 5.87. The molecule has 0 fully saturated rings. The summed E-state index contributed by atoms with van der Waals surface area (Å²) in [5.74, 6) is -1.76. The lowest BCUT2D eigenvalue weighted by Gasteiger charge is -2.26. The topological polar surface area (TPSA) is 83.9 Å². The summed E-state index contributed by atoms with van der Waals surface area (Å²) in [5, 5.41) is 12.3. The van der Waals surface area contributed by atoms with Crippen LogP contribution in [0.15, 0.2) is 81.0 Å². The van der Waals surface area contributed by atoms with Crippen molar-refractivity contribution in [3.05, 3.63) is 99.3 Å². The van der Waals surface area contributed by atoms with E-state index in [2.05, 4.69) is 0 Å². The first-order valence-corrected chi connectivity index (χ1v) is 10.4. The fraction of sp³-hybridized carbons (Fsp3) is 0.0833. The highest BCUT2D eigenvalue weighted by Gasteiger charge is 2.47. The van der Waals surface area contributed by atoms with Crippen molar-refractivity contribution in [2.24, 2.45) is 0 Å². The van der Waals surface area contributed by atoms with Crippen LogP contribution >= 0.6 is 23.2 Å². The van der Waals surface area contributed by atoms with Crippen molar-refractivity contribution in [2.75, 3.05) is 4.90 Å². The summed E-state index contributed by atoms with van der Waals surface area (Å²) in [4.78, 5) is 28.0. The zero-order chi connectivity index (χ0) is 22.6. The number of ketones is 1. The number of aliphatic hydroxyl groups excluding tert-OH is 1. The lowest BCUT2D eigenvalue weighted by Crippen LogP contribution is -2.31. The molecule has 1 atom stereocenters. The SMILES string of the molecule is Cc1ccc(Cl)cc1N1C(=O)C(O)=C(C(=O)c2cc3cc(Cl)ccc3o2)C1c1ccco1. The highest BCUT2D eigenvalue weighted by Crippen LogP contribution is 2.44. The van der Waals surface area contributed by atoms with Gasteiger partial charge in [-0.05, 0) is 61.0 Å². The number of aliphatic hydroxyl groups is 1. The van der Waals surface area contributed by atoms with Crippen molar-refractivity contribution in [3.63, 3.8) is 0 Å². The van der Waals surface area contributed by atoms with Gasteiger partial charge in [0.1, 0.15) is 17.4 Å². The number of aryl methyl sites for hydroxylation is 1. The first kappa shape index (κ1) is 20.4. The Balaban J connectivity index is 1.66. The minimum Gasteiger partial charge on any atom is -0.503 e. The third kappa shape index (κ3) is 3.20. The van der Waals surface area contributed by atoms with E-state index in [4.69, 9.17) is 32.0 Å². The average Bonchev–Trinajstić information content (AvgIpc) is 3.48. The molecule has 0 saturated heterocycles. The number of carbonyl (C=O) groups is 2. The number of anilines is 1. The van der Waals surface area contributed by atoms with E-state index in [1.807, 2.05) is 0 Å². The second-order valence-electron chi connectivity index (χ2n) is 7.41. The van der Waals surface area contributed by atoms with Gasteiger partial charge in [0.25, 0.3) is 5.91 Å². The van der Waals surface area contributed by atoms with Crippen LogP contribution in [0.25, 0.3) is 11.0 Å². The molecule has 6 nitrogen and oxygen atoms in total. The predicted octanol–water partition coefficient (Wildman–Crippen LogP) is 6.42. The zero-order valence-corrected chi connectivity index (χ0v) is 18.1. The first-order valence-electron chi connectivity index (χ1n) is 9.65. The highest BCUT2D eigenvalue weighted by atomic mass is 35.5. The van der Waals surface area contributed by atoms with Crippen LogP contribution in [0.4, 0.5) is 5.69 Å². The van der Waals surface area contributed by atoms with Gasteiger partial charge in [-0.3, -0.25) is 14.5 Å². The number of furan rings is 2. The zero-order valence-electron chi connectivity index (χ0n) is 16.6. The molecule has 0 radical (unpaired) electrons. The Kier molecular flexibility index (Phi) is 4.84. The Morgan fingerprint density at radius 3 is 2.56 bits per heavy atom. The fourth-order valence-electron chi connectivity index (χ4n) is 3.90. The van der Waals surface area contributed by atoms with Gasteiger partial charge in [0.2, 0.25) is 5.78 Å². The van der Waals surface area contributed by atoms with Crippen molar-refractivity contribution < 1.29 is 23.5 Å². The van der Waals surface area contributed by atoms with Gasteiger partial charge in [-0.1, -0.05) is 29.3 Å². The number of benzene rings is 2. The lowest BCUT2D eigenvalue weighted by molar-refractivity contribution is -0.117. The van der Waals surface area contributed by atoms with E-state index in [9.17, 15) is 14.7 Å². The smallest absolute Gasteiger partial charge is 0.294 e. The van der Waals surface area contributed by atoms with E-state index < -0.39 is 23.5 Å². The molecule has 1 aliphatic heterocycles. The number of Topliss-reactive ketones (excluding diaryl/α,β-unsaturated/α-hetero) is 1. The molecule has 1 amide bonds. The molecular formula is C24H15Cl2NO5. The highest BCUT2D eigenvalue weighted by molar-refractivity contribution is 6.31. The summed E-state index contributed by atoms with van der Waals surface area (Å²) in [5.41, 5.74) is 1.50. The summed E-state index contributed by atoms with van der Waals surface area (Å²) >= 11 is 12.2. The normalized spacial score (nSPS) is 16.4. The van der Waals surface area contributed by atoms with Gasteiger partial charge in [0, 0.05) is 21.1 Å². The minimum absolute atomic E-state index is 0.0298. The monoisotopic (exact) mass is 467 g/mol. The molecule has 1 unspecified atom stereocenters. The Hall–Kier alpha value is -3.48. The molecule has 1 N–H and O–H groups in total. The summed E-state index contributed by atoms with van der Waals surface area (Å²) in [6.07, 6.45) is 1.43. The van der Waals surface area contributed by atoms with E-state index in [0.717, 1.165) is 5.56 Å². The molecule has 160 valence electrons. The third-order valence-electron chi connectivity index (χ3n) is 5.40. The average molecular weight is 468 g/mol. The Bertz CT molecular complexity index is 1420. The van der Waals surface area contributed by atoms with E-state index >= 15 is 0 Å². The molecule has 3 heterocycles. The van der Waals surface area contributed by atoms with Crippen molar-refractivity contribution >= 4 is 51.5 Å². The molecule has 8 heteroatoms. The molecule has 0 spiro atoms. The number of fused-ring (bicyclic) bond motifs is 1. The Labute approximate surface area is 192 Å². The van der Waals surface area contributed by atoms with E-state index in [-0.39, 0.29) is 11.3 Å². The molecule has 2 aromatic heterocycles. The molecule has 0 bridgehead atoms. The maximum absolute atomic E-state index is 13.5. The van der Waals surface area contributed by atoms with Crippen LogP contribution in [-0.4, -0.2) is 16.8 Å². The lowest BCUT2D eigenvalue weighted by atomic mass is 9.99. The maximum atomic E-state index is 13.5. The molecule has 2 aromatic carbocycles. The summed E-state index contributed by atoms with van der Waals surface area (Å²) in [6, 6.07) is 13.8. The largest absolute Gasteiger partial charge is 0.503 e. The van der Waals surface area contributed by atoms with Crippen molar-refractivity contribution in [3.8, 4) is 0 Å². The molecular weight excluding hydrogens is 453 g/mol. The van der Waals surface area contributed by atoms with Crippen molar-refractivity contribution in [1.29, 1.82) is 0 Å². The first-order chi connectivity index (χ1) is 15.3. The molecule has 5 rings (SSSR count). The van der Waals surface area contributed by atoms with Crippen LogP contribution in [0, 0.1) is 6.92 Å². The van der Waals surface area contributed by atoms with Gasteiger partial charge in [0.05, 0.1) is 11.8 Å². The number of nitrogens with zero attached hydrogens (tertiary/aromatic N) is 1. The van der Waals surface area contributed by atoms with Crippen molar-refractivity contribution in [1.82, 2.24) is 0 Å². The summed E-state index contributed by atoms with van der Waals surface area (Å²) in [6.45, 7) is 1.80. The Morgan fingerprint density at radius 1 is 1.06 bits per heavy atom. The van der Waals surface area contributed by atoms with Gasteiger partial charge < -0.3 is 13.9 Å². The summed E-state index contributed by atoms with van der Waals surface area (Å²) in [7, 11) is 0. The van der Waals surface area contributed by atoms with Crippen LogP contribution in [0.1, 0.15) is 27.9 Å². The minimum atomic E-state index is -1.00. The summed E-state index contributed by atoms with van der Waals surface area (Å²) < 4.78 is 11.2. The molecule has 0 saturated carbocycles. The van der Waals surface area contributed by atoms with E-state index in [0.29, 0.717) is 32.5 Å². The number of halogens is 2. The van der Waals surface area contributed by atoms with Gasteiger partial charge in [-0.15, -0.1) is 0 Å². The van der Waals surface area contributed by atoms with E-state index in [1.165, 1.54) is 17.2 Å². The van der Waals surface area contributed by atoms with E-state index in [1.54, 1.807) is 55.5 Å². The molecule has 0 aliphatic carbocycles. The number of carbonyl (C=O) groups excluding carboxylic acids is 2. The Morgan fingerprint density at radius 2 is 1.81 bits per heavy atom. The van der Waals surface area contributed by atoms with Crippen LogP contribution < -0.4 is 4.90 Å². The van der Waals surface area contributed by atoms with Crippen LogP contribution in [0.5, 0.6) is 0 Å². The maximum Gasteiger partial charge on any atom is 0.294 e. The molecule has 1 aliphatic rings. The quantitative estimate of drug-likeness (QED) is 0.349. The van der Waals surface area contributed by atoms with Crippen LogP contribution in [0.2, 0.25) is 10.0 Å². The van der Waals surface area contributed by atoms with Crippen LogP contribution in [0.3, 0.4) is 0 Å².